The Kier molecular flexibility index (Phi) is 5.92. The lowest BCUT2D eigenvalue weighted by Gasteiger charge is -2.24. The first kappa shape index (κ1) is 17.9. The summed E-state index contributed by atoms with van der Waals surface area (Å²) < 4.78 is 0. The lowest BCUT2D eigenvalue weighted by Crippen LogP contribution is -2.35. The number of hydrogen-bond acceptors (Lipinski definition) is 6. The van der Waals surface area contributed by atoms with Gasteiger partial charge < -0.3 is 15.0 Å². The van der Waals surface area contributed by atoms with Crippen molar-refractivity contribution in [1.82, 2.24) is 44.6 Å². The van der Waals surface area contributed by atoms with Gasteiger partial charge in [-0.3, -0.25) is 14.7 Å². The first-order valence-corrected chi connectivity index (χ1v) is 9.47. The molecule has 0 unspecified atom stereocenters. The lowest BCUT2D eigenvalue weighted by atomic mass is 10.4. The molecule has 1 aliphatic rings. The van der Waals surface area contributed by atoms with Gasteiger partial charge in [-0.05, 0) is 0 Å². The monoisotopic (exact) mass is 369 g/mol. The van der Waals surface area contributed by atoms with Crippen molar-refractivity contribution in [2.45, 2.75) is 19.6 Å². The Bertz CT molecular complexity index is 634. The van der Waals surface area contributed by atoms with Crippen LogP contribution < -0.4 is 0 Å². The third-order valence-corrected chi connectivity index (χ3v) is 4.98. The van der Waals surface area contributed by atoms with Gasteiger partial charge in [-0.15, -0.1) is 0 Å². The minimum atomic E-state index is 0.843. The van der Waals surface area contributed by atoms with Gasteiger partial charge in [0.1, 0.15) is 17.5 Å². The van der Waals surface area contributed by atoms with Crippen LogP contribution >= 0.6 is 0 Å². The molecule has 3 aromatic rings. The van der Waals surface area contributed by atoms with E-state index in [9.17, 15) is 0 Å². The van der Waals surface area contributed by atoms with Crippen molar-refractivity contribution in [3.8, 4) is 0 Å². The molecular weight excluding hydrogens is 342 g/mol. The third-order valence-electron chi connectivity index (χ3n) is 4.98. The van der Waals surface area contributed by atoms with E-state index in [2.05, 4.69) is 44.6 Å². The van der Waals surface area contributed by atoms with E-state index >= 15 is 0 Å². The smallest absolute Gasteiger partial charge is 0.120 e. The summed E-state index contributed by atoms with van der Waals surface area (Å²) in [4.78, 5) is 30.2. The fourth-order valence-electron chi connectivity index (χ4n) is 3.45. The molecule has 3 N–H and O–H groups in total. The molecule has 4 heterocycles. The molecule has 0 spiro atoms. The van der Waals surface area contributed by atoms with Crippen LogP contribution in [0.25, 0.3) is 0 Å². The summed E-state index contributed by atoms with van der Waals surface area (Å²) in [6.07, 6.45) is 11.1. The quantitative estimate of drug-likeness (QED) is 0.591. The molecular formula is C18H27N9. The van der Waals surface area contributed by atoms with E-state index in [-0.39, 0.29) is 0 Å². The molecule has 1 aliphatic heterocycles. The molecule has 9 heteroatoms. The van der Waals surface area contributed by atoms with E-state index < -0.39 is 0 Å². The number of hydrogen-bond donors (Lipinski definition) is 3. The highest BCUT2D eigenvalue weighted by Gasteiger charge is 2.18. The van der Waals surface area contributed by atoms with E-state index in [1.54, 1.807) is 0 Å². The summed E-state index contributed by atoms with van der Waals surface area (Å²) in [5.74, 6) is 3.05. The van der Waals surface area contributed by atoms with Gasteiger partial charge in [0.2, 0.25) is 0 Å². The first-order valence-electron chi connectivity index (χ1n) is 9.47. The van der Waals surface area contributed by atoms with Gasteiger partial charge >= 0.3 is 0 Å². The number of nitrogens with one attached hydrogen (secondary N) is 3. The highest BCUT2D eigenvalue weighted by atomic mass is 15.3. The molecule has 144 valence electrons. The Morgan fingerprint density at radius 3 is 1.07 bits per heavy atom. The minimum Gasteiger partial charge on any atom is -0.348 e. The summed E-state index contributed by atoms with van der Waals surface area (Å²) in [5, 5.41) is 0. The Labute approximate surface area is 158 Å². The van der Waals surface area contributed by atoms with Crippen molar-refractivity contribution in [3.05, 3.63) is 54.7 Å². The van der Waals surface area contributed by atoms with Crippen LogP contribution in [0.2, 0.25) is 0 Å². The van der Waals surface area contributed by atoms with Gasteiger partial charge in [-0.2, -0.15) is 0 Å². The van der Waals surface area contributed by atoms with Crippen molar-refractivity contribution in [2.24, 2.45) is 0 Å². The van der Waals surface area contributed by atoms with Gasteiger partial charge in [-0.1, -0.05) is 0 Å². The summed E-state index contributed by atoms with van der Waals surface area (Å²) in [6, 6.07) is 0. The van der Waals surface area contributed by atoms with Crippen molar-refractivity contribution >= 4 is 0 Å². The fourth-order valence-corrected chi connectivity index (χ4v) is 3.45. The van der Waals surface area contributed by atoms with Crippen LogP contribution in [0, 0.1) is 0 Å². The van der Waals surface area contributed by atoms with Gasteiger partial charge in [0.05, 0.1) is 19.6 Å². The number of aromatic nitrogens is 6. The number of nitrogens with zero attached hydrogens (tertiary/aromatic N) is 6. The number of H-pyrrole nitrogens is 3. The average Bonchev–Trinajstić information content (AvgIpc) is 3.44. The molecule has 1 saturated heterocycles. The van der Waals surface area contributed by atoms with E-state index in [4.69, 9.17) is 0 Å². The number of imidazole rings is 3. The van der Waals surface area contributed by atoms with Crippen LogP contribution in [0.4, 0.5) is 0 Å². The van der Waals surface area contributed by atoms with Crippen LogP contribution in [0.5, 0.6) is 0 Å². The fraction of sp³-hybridized carbons (Fsp3) is 0.500. The van der Waals surface area contributed by atoms with Gasteiger partial charge in [-0.25, -0.2) is 15.0 Å². The average molecular weight is 369 g/mol. The first-order chi connectivity index (χ1) is 13.3. The number of rotatable bonds is 6. The van der Waals surface area contributed by atoms with E-state index in [0.29, 0.717) is 0 Å². The SMILES string of the molecule is c1c[nH]c(CN2CCN(Cc3ncc[nH]3)CCN(Cc3ncc[nH]3)CC2)n1. The van der Waals surface area contributed by atoms with Gasteiger partial charge in [0, 0.05) is 76.4 Å². The molecule has 1 fully saturated rings. The second-order valence-corrected chi connectivity index (χ2v) is 6.94. The third kappa shape index (κ3) is 5.25. The van der Waals surface area contributed by atoms with Crippen molar-refractivity contribution < 1.29 is 0 Å². The maximum Gasteiger partial charge on any atom is 0.120 e. The molecule has 0 atom stereocenters. The van der Waals surface area contributed by atoms with Crippen molar-refractivity contribution in [1.29, 1.82) is 0 Å². The summed E-state index contributed by atoms with van der Waals surface area (Å²) >= 11 is 0. The molecule has 0 bridgehead atoms. The highest BCUT2D eigenvalue weighted by Crippen LogP contribution is 2.08. The van der Waals surface area contributed by atoms with Crippen LogP contribution in [0.3, 0.4) is 0 Å². The summed E-state index contributed by atoms with van der Waals surface area (Å²) in [7, 11) is 0. The predicted octanol–water partition coefficient (Wildman–Crippen LogP) is 0.676. The maximum atomic E-state index is 4.39. The second-order valence-electron chi connectivity index (χ2n) is 6.94. The molecule has 0 aliphatic carbocycles. The Morgan fingerprint density at radius 2 is 0.852 bits per heavy atom. The Morgan fingerprint density at radius 1 is 0.556 bits per heavy atom. The maximum absolute atomic E-state index is 4.39. The van der Waals surface area contributed by atoms with Crippen molar-refractivity contribution in [2.75, 3.05) is 39.3 Å². The minimum absolute atomic E-state index is 0.843. The van der Waals surface area contributed by atoms with Crippen LogP contribution in [-0.2, 0) is 19.6 Å². The van der Waals surface area contributed by atoms with E-state index in [1.165, 1.54) is 0 Å². The zero-order chi connectivity index (χ0) is 18.3. The Hall–Kier alpha value is -2.49. The molecule has 4 rings (SSSR count). The lowest BCUT2D eigenvalue weighted by molar-refractivity contribution is 0.204. The number of aromatic amines is 3. The topological polar surface area (TPSA) is 95.8 Å². The van der Waals surface area contributed by atoms with Crippen LogP contribution in [0.1, 0.15) is 17.5 Å². The zero-order valence-electron chi connectivity index (χ0n) is 15.5. The predicted molar refractivity (Wildman–Crippen MR) is 102 cm³/mol. The molecule has 27 heavy (non-hydrogen) atoms. The van der Waals surface area contributed by atoms with Crippen LogP contribution in [-0.4, -0.2) is 83.9 Å². The molecule has 0 amide bonds. The van der Waals surface area contributed by atoms with E-state index in [1.807, 2.05) is 37.2 Å². The Balaban J connectivity index is 1.43. The molecule has 0 radical (unpaired) electrons. The molecule has 9 nitrogen and oxygen atoms in total. The normalized spacial score (nSPS) is 18.2. The summed E-state index contributed by atoms with van der Waals surface area (Å²) in [6.45, 7) is 8.59. The van der Waals surface area contributed by atoms with Crippen LogP contribution in [0.15, 0.2) is 37.2 Å². The van der Waals surface area contributed by atoms with Gasteiger partial charge in [0.15, 0.2) is 0 Å². The van der Waals surface area contributed by atoms with Crippen molar-refractivity contribution in [3.63, 3.8) is 0 Å². The van der Waals surface area contributed by atoms with E-state index in [0.717, 1.165) is 76.4 Å². The summed E-state index contributed by atoms with van der Waals surface area (Å²) in [5.41, 5.74) is 0. The largest absolute Gasteiger partial charge is 0.348 e. The van der Waals surface area contributed by atoms with Gasteiger partial charge in [0.25, 0.3) is 0 Å². The molecule has 0 saturated carbocycles. The zero-order valence-corrected chi connectivity index (χ0v) is 15.5. The second kappa shape index (κ2) is 8.94. The molecule has 0 aromatic carbocycles. The molecule has 3 aromatic heterocycles. The standard InChI is InChI=1S/C18H27N9/c1-2-20-16(19-1)13-25-7-9-26(14-17-21-3-4-22-17)11-12-27(10-8-25)15-18-23-5-6-24-18/h1-6H,7-15H2,(H,19,20)(H,21,22)(H,23,24). The highest BCUT2D eigenvalue weighted by molar-refractivity contribution is 4.91.